The molecule has 1 heterocycles. The molecule has 3 rings (SSSR count). The lowest BCUT2D eigenvalue weighted by molar-refractivity contribution is 0.0228. The number of hydrogen-bond donors (Lipinski definition) is 2. The molecule has 0 bridgehead atoms. The molecule has 2 aromatic rings. The fourth-order valence-electron chi connectivity index (χ4n) is 3.79. The molecule has 7 heteroatoms. The molecule has 1 saturated heterocycles. The van der Waals surface area contributed by atoms with Crippen LogP contribution in [0.1, 0.15) is 36.7 Å². The monoisotopic (exact) mass is 438 g/mol. The average Bonchev–Trinajstić information content (AvgIpc) is 2.78. The van der Waals surface area contributed by atoms with Crippen molar-refractivity contribution in [1.29, 1.82) is 0 Å². The zero-order valence-electron chi connectivity index (χ0n) is 19.2. The Morgan fingerprint density at radius 2 is 1.75 bits per heavy atom. The Bertz CT molecular complexity index is 882. The topological polar surface area (TPSA) is 73.9 Å². The third-order valence-electron chi connectivity index (χ3n) is 5.40. The average molecular weight is 439 g/mol. The number of nitrogens with one attached hydrogen (secondary N) is 2. The number of anilines is 1. The fraction of sp³-hybridized carbons (Fsp3) is 0.440. The van der Waals surface area contributed by atoms with Gasteiger partial charge in [0.25, 0.3) is 5.91 Å². The highest BCUT2D eigenvalue weighted by Gasteiger charge is 2.25. The van der Waals surface area contributed by atoms with Crippen molar-refractivity contribution in [3.05, 3.63) is 65.7 Å². The minimum absolute atomic E-state index is 0.0154. The van der Waals surface area contributed by atoms with E-state index in [0.29, 0.717) is 17.8 Å². The third-order valence-corrected chi connectivity index (χ3v) is 5.40. The first-order valence-corrected chi connectivity index (χ1v) is 11.2. The molecule has 32 heavy (non-hydrogen) atoms. The van der Waals surface area contributed by atoms with E-state index in [1.54, 1.807) is 24.3 Å². The Hall–Kier alpha value is -2.90. The van der Waals surface area contributed by atoms with E-state index in [9.17, 15) is 9.59 Å². The molecule has 0 spiro atoms. The Morgan fingerprint density at radius 3 is 2.44 bits per heavy atom. The lowest BCUT2D eigenvalue weighted by Crippen LogP contribution is -2.48. The molecule has 1 atom stereocenters. The highest BCUT2D eigenvalue weighted by Crippen LogP contribution is 2.18. The van der Waals surface area contributed by atoms with Gasteiger partial charge in [-0.05, 0) is 44.5 Å². The highest BCUT2D eigenvalue weighted by molar-refractivity contribution is 5.97. The molecular weight excluding hydrogens is 404 g/mol. The number of amides is 3. The second-order valence-electron chi connectivity index (χ2n) is 8.51. The molecule has 7 nitrogen and oxygen atoms in total. The Morgan fingerprint density at radius 1 is 1.03 bits per heavy atom. The van der Waals surface area contributed by atoms with Gasteiger partial charge in [-0.25, -0.2) is 4.79 Å². The number of urea groups is 1. The second-order valence-corrected chi connectivity index (χ2v) is 8.51. The first-order chi connectivity index (χ1) is 15.4. The summed E-state index contributed by atoms with van der Waals surface area (Å²) in [6, 6.07) is 16.9. The molecule has 0 aromatic heterocycles. The number of benzene rings is 2. The molecule has 0 radical (unpaired) electrons. The molecule has 3 amide bonds. The molecule has 2 N–H and O–H groups in total. The summed E-state index contributed by atoms with van der Waals surface area (Å²) in [4.78, 5) is 29.9. The van der Waals surface area contributed by atoms with Crippen molar-refractivity contribution in [1.82, 2.24) is 15.1 Å². The third kappa shape index (κ3) is 7.07. The lowest BCUT2D eigenvalue weighted by atomic mass is 10.1. The maximum Gasteiger partial charge on any atom is 0.319 e. The molecule has 172 valence electrons. The normalized spacial score (nSPS) is 15.2. The first-order valence-electron chi connectivity index (χ1n) is 11.2. The molecule has 1 fully saturated rings. The van der Waals surface area contributed by atoms with Crippen LogP contribution in [0.4, 0.5) is 10.5 Å². The van der Waals surface area contributed by atoms with E-state index >= 15 is 0 Å². The zero-order chi connectivity index (χ0) is 22.9. The zero-order valence-corrected chi connectivity index (χ0v) is 19.2. The number of morpholine rings is 1. The van der Waals surface area contributed by atoms with Gasteiger partial charge in [0.2, 0.25) is 0 Å². The number of ether oxygens (including phenoxy) is 1. The minimum atomic E-state index is -0.286. The van der Waals surface area contributed by atoms with E-state index in [-0.39, 0.29) is 24.0 Å². The van der Waals surface area contributed by atoms with Crippen LogP contribution in [0.3, 0.4) is 0 Å². The largest absolute Gasteiger partial charge is 0.379 e. The Labute approximate surface area is 190 Å². The predicted octanol–water partition coefficient (Wildman–Crippen LogP) is 3.58. The van der Waals surface area contributed by atoms with E-state index in [2.05, 4.69) is 22.5 Å². The van der Waals surface area contributed by atoms with Crippen LogP contribution in [0.5, 0.6) is 0 Å². The van der Waals surface area contributed by atoms with Gasteiger partial charge >= 0.3 is 6.03 Å². The van der Waals surface area contributed by atoms with Crippen molar-refractivity contribution >= 4 is 17.6 Å². The number of rotatable bonds is 8. The quantitative estimate of drug-likeness (QED) is 0.661. The molecule has 0 aliphatic carbocycles. The number of carbonyl (C=O) groups is 2. The van der Waals surface area contributed by atoms with Gasteiger partial charge in [-0.2, -0.15) is 0 Å². The van der Waals surface area contributed by atoms with Crippen molar-refractivity contribution in [3.8, 4) is 0 Å². The summed E-state index contributed by atoms with van der Waals surface area (Å²) in [5, 5.41) is 5.61. The highest BCUT2D eigenvalue weighted by atomic mass is 16.5. The summed E-state index contributed by atoms with van der Waals surface area (Å²) in [5.41, 5.74) is 2.23. The summed E-state index contributed by atoms with van der Waals surface area (Å²) in [6.07, 6.45) is 0. The molecule has 1 aliphatic heterocycles. The predicted molar refractivity (Wildman–Crippen MR) is 127 cm³/mol. The summed E-state index contributed by atoms with van der Waals surface area (Å²) in [5.74, 6) is -0.0532. The number of nitrogens with zero attached hydrogens (tertiary/aromatic N) is 2. The number of hydrogen-bond acceptors (Lipinski definition) is 4. The van der Waals surface area contributed by atoms with Gasteiger partial charge in [0.15, 0.2) is 0 Å². The van der Waals surface area contributed by atoms with Gasteiger partial charge in [0, 0.05) is 49.5 Å². The smallest absolute Gasteiger partial charge is 0.319 e. The van der Waals surface area contributed by atoms with Crippen LogP contribution >= 0.6 is 0 Å². The van der Waals surface area contributed by atoms with Gasteiger partial charge < -0.3 is 20.3 Å². The van der Waals surface area contributed by atoms with Crippen LogP contribution < -0.4 is 10.6 Å². The van der Waals surface area contributed by atoms with E-state index in [1.165, 1.54) is 0 Å². The number of carbonyl (C=O) groups excluding carboxylic acids is 2. The van der Waals surface area contributed by atoms with Gasteiger partial charge in [-0.3, -0.25) is 9.69 Å². The standard InChI is InChI=1S/C25H34N4O3/c1-19(2)26-25(31)27-23-11-7-10-22(16-23)24(30)29(18-21-8-5-4-6-9-21)20(3)17-28-12-14-32-15-13-28/h4-11,16,19-20H,12-15,17-18H2,1-3H3,(H2,26,27,31). The molecule has 1 aliphatic rings. The molecule has 0 saturated carbocycles. The van der Waals surface area contributed by atoms with E-state index in [4.69, 9.17) is 4.74 Å². The Kier molecular flexibility index (Phi) is 8.64. The molecule has 1 unspecified atom stereocenters. The van der Waals surface area contributed by atoms with Crippen molar-refractivity contribution in [2.75, 3.05) is 38.2 Å². The van der Waals surface area contributed by atoms with Crippen molar-refractivity contribution in [2.45, 2.75) is 39.4 Å². The van der Waals surface area contributed by atoms with Crippen molar-refractivity contribution in [2.24, 2.45) is 0 Å². The summed E-state index contributed by atoms with van der Waals surface area (Å²) in [7, 11) is 0. The van der Waals surface area contributed by atoms with Gasteiger partial charge in [-0.1, -0.05) is 36.4 Å². The molecule has 2 aromatic carbocycles. The van der Waals surface area contributed by atoms with Crippen LogP contribution in [0, 0.1) is 0 Å². The maximum absolute atomic E-state index is 13.6. The van der Waals surface area contributed by atoms with Gasteiger partial charge in [-0.15, -0.1) is 0 Å². The fourth-order valence-corrected chi connectivity index (χ4v) is 3.79. The lowest BCUT2D eigenvalue weighted by Gasteiger charge is -2.35. The second kappa shape index (κ2) is 11.6. The summed E-state index contributed by atoms with van der Waals surface area (Å²) >= 11 is 0. The van der Waals surface area contributed by atoms with Crippen molar-refractivity contribution < 1.29 is 14.3 Å². The van der Waals surface area contributed by atoms with Crippen LogP contribution in [-0.2, 0) is 11.3 Å². The SMILES string of the molecule is CC(C)NC(=O)Nc1cccc(C(=O)N(Cc2ccccc2)C(C)CN2CCOCC2)c1. The summed E-state index contributed by atoms with van der Waals surface area (Å²) in [6.45, 7) is 10.4. The van der Waals surface area contributed by atoms with E-state index in [0.717, 1.165) is 38.4 Å². The van der Waals surface area contributed by atoms with Crippen molar-refractivity contribution in [3.63, 3.8) is 0 Å². The van der Waals surface area contributed by atoms with Crippen LogP contribution in [-0.4, -0.2) is 66.7 Å². The van der Waals surface area contributed by atoms with Crippen LogP contribution in [0.15, 0.2) is 54.6 Å². The summed E-state index contributed by atoms with van der Waals surface area (Å²) < 4.78 is 5.46. The van der Waals surface area contributed by atoms with Crippen LogP contribution in [0.2, 0.25) is 0 Å². The maximum atomic E-state index is 13.6. The first kappa shape index (κ1) is 23.8. The Balaban J connectivity index is 1.77. The molecular formula is C25H34N4O3. The minimum Gasteiger partial charge on any atom is -0.379 e. The van der Waals surface area contributed by atoms with Gasteiger partial charge in [0.1, 0.15) is 0 Å². The van der Waals surface area contributed by atoms with E-state index < -0.39 is 0 Å². The van der Waals surface area contributed by atoms with Gasteiger partial charge in [0.05, 0.1) is 13.2 Å². The van der Waals surface area contributed by atoms with E-state index in [1.807, 2.05) is 49.1 Å². The van der Waals surface area contributed by atoms with Crippen LogP contribution in [0.25, 0.3) is 0 Å².